The molecule has 234 valence electrons. The van der Waals surface area contributed by atoms with Crippen LogP contribution in [-0.4, -0.2) is 74.3 Å². The summed E-state index contributed by atoms with van der Waals surface area (Å²) in [5.41, 5.74) is -0.155. The number of H-pyrrole nitrogens is 1. The molecular formula is C25H26F7N7O4. The molecule has 1 aliphatic heterocycles. The van der Waals surface area contributed by atoms with E-state index in [0.717, 1.165) is 17.9 Å². The molecule has 0 spiro atoms. The molecule has 5 atom stereocenters. The van der Waals surface area contributed by atoms with Gasteiger partial charge in [-0.25, -0.2) is 18.8 Å². The van der Waals surface area contributed by atoms with Crippen molar-refractivity contribution in [3.8, 4) is 0 Å². The lowest BCUT2D eigenvalue weighted by molar-refractivity contribution is -0.227. The number of aryl methyl sites for hydroxylation is 1. The number of urea groups is 1. The van der Waals surface area contributed by atoms with Gasteiger partial charge in [-0.3, -0.25) is 4.79 Å². The predicted molar refractivity (Wildman–Crippen MR) is 132 cm³/mol. The van der Waals surface area contributed by atoms with Crippen molar-refractivity contribution in [2.45, 2.75) is 76.3 Å². The molecule has 0 radical (unpaired) electrons. The van der Waals surface area contributed by atoms with Crippen LogP contribution in [0, 0.1) is 18.7 Å². The highest BCUT2D eigenvalue weighted by atomic mass is 19.4. The predicted octanol–water partition coefficient (Wildman–Crippen LogP) is 4.63. The molecule has 18 heteroatoms. The van der Waals surface area contributed by atoms with Crippen molar-refractivity contribution in [1.82, 2.24) is 35.8 Å². The van der Waals surface area contributed by atoms with Crippen LogP contribution in [0.2, 0.25) is 0 Å². The Morgan fingerprint density at radius 1 is 1.16 bits per heavy atom. The Kier molecular flexibility index (Phi) is 7.77. The van der Waals surface area contributed by atoms with Crippen LogP contribution in [0.15, 0.2) is 16.8 Å². The fraction of sp³-hybridized carbons (Fsp3) is 0.560. The number of rotatable bonds is 9. The van der Waals surface area contributed by atoms with Gasteiger partial charge in [0.05, 0.1) is 24.2 Å². The van der Waals surface area contributed by atoms with Gasteiger partial charge in [0.15, 0.2) is 17.6 Å². The summed E-state index contributed by atoms with van der Waals surface area (Å²) in [7, 11) is 0. The zero-order valence-electron chi connectivity index (χ0n) is 22.8. The minimum absolute atomic E-state index is 0.0391. The fourth-order valence-corrected chi connectivity index (χ4v) is 5.07. The molecule has 2 aromatic heterocycles. The zero-order chi connectivity index (χ0) is 31.4. The Bertz CT molecular complexity index is 1520. The SMILES string of the molecule is Cc1nonc1C(=O)N[C@H](c1nc2c(F)cc([C@@H](C3CC3)N3C[C@@H](C(F)(F)F)NC3=O)cc2[nH]1)[C@@H](C)O[C@H](C)C(F)(F)F. The summed E-state index contributed by atoms with van der Waals surface area (Å²) in [5, 5.41) is 11.4. The number of hydrogen-bond donors (Lipinski definition) is 3. The smallest absolute Gasteiger partial charge is 0.364 e. The number of nitrogens with one attached hydrogen (secondary N) is 3. The second-order valence-electron chi connectivity index (χ2n) is 10.7. The largest absolute Gasteiger partial charge is 0.414 e. The molecule has 3 amide bonds. The van der Waals surface area contributed by atoms with Crippen molar-refractivity contribution in [2.75, 3.05) is 6.54 Å². The van der Waals surface area contributed by atoms with Crippen molar-refractivity contribution in [1.29, 1.82) is 0 Å². The normalized spacial score (nSPS) is 20.7. The van der Waals surface area contributed by atoms with Crippen molar-refractivity contribution in [3.63, 3.8) is 0 Å². The highest BCUT2D eigenvalue weighted by Gasteiger charge is 2.51. The molecule has 3 N–H and O–H groups in total. The van der Waals surface area contributed by atoms with Crippen molar-refractivity contribution >= 4 is 23.0 Å². The number of imidazole rings is 1. The number of amides is 3. The Morgan fingerprint density at radius 3 is 2.42 bits per heavy atom. The van der Waals surface area contributed by atoms with Gasteiger partial charge in [0.25, 0.3) is 5.91 Å². The van der Waals surface area contributed by atoms with E-state index in [9.17, 15) is 35.9 Å². The molecule has 2 fully saturated rings. The Labute approximate surface area is 238 Å². The van der Waals surface area contributed by atoms with Crippen LogP contribution in [0.4, 0.5) is 35.5 Å². The molecule has 1 aliphatic carbocycles. The van der Waals surface area contributed by atoms with Crippen LogP contribution in [0.25, 0.3) is 11.0 Å². The number of fused-ring (bicyclic) bond motifs is 1. The fourth-order valence-electron chi connectivity index (χ4n) is 5.07. The molecule has 2 aliphatic rings. The quantitative estimate of drug-likeness (QED) is 0.296. The Balaban J connectivity index is 1.49. The van der Waals surface area contributed by atoms with E-state index in [4.69, 9.17) is 4.74 Å². The van der Waals surface area contributed by atoms with Gasteiger partial charge in [-0.15, -0.1) is 0 Å². The highest BCUT2D eigenvalue weighted by Crippen LogP contribution is 2.46. The van der Waals surface area contributed by atoms with E-state index < -0.39 is 67.0 Å². The molecule has 1 saturated carbocycles. The van der Waals surface area contributed by atoms with Crippen molar-refractivity contribution in [2.24, 2.45) is 5.92 Å². The van der Waals surface area contributed by atoms with E-state index in [1.165, 1.54) is 19.9 Å². The minimum atomic E-state index is -4.73. The molecular weight excluding hydrogens is 595 g/mol. The molecule has 11 nitrogen and oxygen atoms in total. The number of hydrogen-bond acceptors (Lipinski definition) is 7. The summed E-state index contributed by atoms with van der Waals surface area (Å²) in [6, 6.07) is -2.79. The third kappa shape index (κ3) is 6.23. The Morgan fingerprint density at radius 2 is 1.86 bits per heavy atom. The van der Waals surface area contributed by atoms with Crippen LogP contribution in [0.5, 0.6) is 0 Å². The molecule has 0 bridgehead atoms. The van der Waals surface area contributed by atoms with Gasteiger partial charge in [-0.1, -0.05) is 5.16 Å². The van der Waals surface area contributed by atoms with Gasteiger partial charge in [0.2, 0.25) is 0 Å². The number of halogens is 7. The first-order valence-electron chi connectivity index (χ1n) is 13.2. The number of benzene rings is 1. The zero-order valence-corrected chi connectivity index (χ0v) is 22.8. The number of nitrogens with zero attached hydrogens (tertiary/aromatic N) is 4. The van der Waals surface area contributed by atoms with Crippen LogP contribution in [0.1, 0.15) is 66.3 Å². The summed E-state index contributed by atoms with van der Waals surface area (Å²) >= 11 is 0. The maximum Gasteiger partial charge on any atom is 0.414 e. The van der Waals surface area contributed by atoms with Crippen molar-refractivity contribution < 1.29 is 49.7 Å². The molecule has 43 heavy (non-hydrogen) atoms. The molecule has 3 heterocycles. The number of alkyl halides is 6. The van der Waals surface area contributed by atoms with Crippen LogP contribution < -0.4 is 10.6 Å². The van der Waals surface area contributed by atoms with Crippen LogP contribution in [-0.2, 0) is 4.74 Å². The monoisotopic (exact) mass is 621 g/mol. The number of aromatic amines is 1. The van der Waals surface area contributed by atoms with Crippen LogP contribution >= 0.6 is 0 Å². The summed E-state index contributed by atoms with van der Waals surface area (Å²) in [6.45, 7) is 2.79. The second-order valence-corrected chi connectivity index (χ2v) is 10.7. The molecule has 1 aromatic carbocycles. The number of ether oxygens (including phenoxy) is 1. The lowest BCUT2D eigenvalue weighted by Gasteiger charge is -2.28. The lowest BCUT2D eigenvalue weighted by Crippen LogP contribution is -2.41. The van der Waals surface area contributed by atoms with Gasteiger partial charge in [-0.05, 0) is 62.4 Å². The van der Waals surface area contributed by atoms with Gasteiger partial charge in [0, 0.05) is 0 Å². The topological polar surface area (TPSA) is 138 Å². The average Bonchev–Trinajstić information content (AvgIpc) is 3.27. The first kappa shape index (κ1) is 30.5. The van der Waals surface area contributed by atoms with Crippen LogP contribution in [0.3, 0.4) is 0 Å². The molecule has 1 saturated heterocycles. The summed E-state index contributed by atoms with van der Waals surface area (Å²) in [5.74, 6) is -2.16. The van der Waals surface area contributed by atoms with Crippen molar-refractivity contribution in [3.05, 3.63) is 40.7 Å². The summed E-state index contributed by atoms with van der Waals surface area (Å²) in [4.78, 5) is 33.4. The average molecular weight is 622 g/mol. The lowest BCUT2D eigenvalue weighted by atomic mass is 9.99. The minimum Gasteiger partial charge on any atom is -0.364 e. The number of carbonyl (C=O) groups excluding carboxylic acids is 2. The molecule has 5 rings (SSSR count). The van der Waals surface area contributed by atoms with E-state index in [2.05, 4.69) is 30.2 Å². The second kappa shape index (κ2) is 10.9. The summed E-state index contributed by atoms with van der Waals surface area (Å²) < 4.78 is 105. The number of aromatic nitrogens is 4. The standard InChI is InChI=1S/C25H26F7N7O4/c1-9-17(38-43-37-9)22(40)36-18(10(2)42-11(3)24(27,28)29)21-33-15-7-13(6-14(26)19(15)35-21)20(12-4-5-12)39-8-16(25(30,31)32)34-23(39)41/h6-7,10-12,16,18,20H,4-5,8H2,1-3H3,(H,33,35)(H,34,41)(H,36,40)/t10-,11-,16+,18+,20-/m1/s1. The van der Waals surface area contributed by atoms with Gasteiger partial charge < -0.3 is 25.3 Å². The van der Waals surface area contributed by atoms with E-state index in [-0.39, 0.29) is 39.7 Å². The highest BCUT2D eigenvalue weighted by molar-refractivity contribution is 5.93. The van der Waals surface area contributed by atoms with Gasteiger partial charge >= 0.3 is 18.4 Å². The van der Waals surface area contributed by atoms with Gasteiger partial charge in [-0.2, -0.15) is 26.3 Å². The number of carbonyl (C=O) groups is 2. The van der Waals surface area contributed by atoms with Gasteiger partial charge in [0.1, 0.15) is 29.1 Å². The van der Waals surface area contributed by atoms with E-state index in [1.807, 2.05) is 5.32 Å². The summed E-state index contributed by atoms with van der Waals surface area (Å²) in [6.07, 6.45) is -11.8. The Hall–Kier alpha value is -3.96. The third-order valence-electron chi connectivity index (χ3n) is 7.46. The first-order valence-corrected chi connectivity index (χ1v) is 13.2. The van der Waals surface area contributed by atoms with E-state index in [0.29, 0.717) is 12.8 Å². The molecule has 3 aromatic rings. The first-order chi connectivity index (χ1) is 20.0. The third-order valence-corrected chi connectivity index (χ3v) is 7.46. The molecule has 0 unspecified atom stereocenters. The maximum absolute atomic E-state index is 15.4. The van der Waals surface area contributed by atoms with E-state index >= 15 is 4.39 Å². The van der Waals surface area contributed by atoms with E-state index in [1.54, 1.807) is 0 Å². The maximum atomic E-state index is 15.4.